The molecule has 0 spiro atoms. The summed E-state index contributed by atoms with van der Waals surface area (Å²) in [6, 6.07) is 33.9. The second kappa shape index (κ2) is 20.1. The number of nitrogens with one attached hydrogen (secondary N) is 2. The van der Waals surface area contributed by atoms with Gasteiger partial charge in [-0.2, -0.15) is 0 Å². The van der Waals surface area contributed by atoms with Gasteiger partial charge in [0, 0.05) is 75.8 Å². The molecule has 2 atom stereocenters. The maximum absolute atomic E-state index is 12.9. The summed E-state index contributed by atoms with van der Waals surface area (Å²) in [6.07, 6.45) is 7.49. The Bertz CT molecular complexity index is 2690. The number of fused-ring (bicyclic) bond motifs is 4. The highest BCUT2D eigenvalue weighted by Gasteiger charge is 2.34. The molecule has 68 heavy (non-hydrogen) atoms. The third-order valence-electron chi connectivity index (χ3n) is 14.9. The number of aliphatic hydroxyl groups is 1. The molecule has 12 nitrogen and oxygen atoms in total. The molecule has 5 aliphatic rings. The summed E-state index contributed by atoms with van der Waals surface area (Å²) in [4.78, 5) is 30.3. The van der Waals surface area contributed by atoms with Gasteiger partial charge in [-0.05, 0) is 118 Å². The topological polar surface area (TPSA) is 114 Å². The second-order valence-corrected chi connectivity index (χ2v) is 19.7. The van der Waals surface area contributed by atoms with E-state index in [1.165, 1.54) is 27.8 Å². The number of amides is 2. The average molecular weight is 917 g/mol. The zero-order chi connectivity index (χ0) is 46.9. The standard InChI is InChI=1S/C31H39N5O2.C25H29N3O2/c1-20(2)35-17-18-36(31(35)37)24-11-9-22(10-12-24)27-21(3)28-29(33-27)30(38-25-13-15-34(4)16-14-25)26-8-6-5-7-23(26)19-32-28;1-27-13-11-20(12-14-27)30-24-22-9-5-2-6-18(22)10-15-28-16-23(26-25(24)28)21-8-4-3-7-19(21)17-29/h5-12,20,25,30,32-33H,13-19H2,1-4H3;2-9,16,20,24,29H,10-15,17H2,1H3. The number of hydrogen-bond acceptors (Lipinski definition) is 8. The fraction of sp³-hybridized carbons (Fsp3) is 0.429. The van der Waals surface area contributed by atoms with Crippen LogP contribution in [0, 0.1) is 6.92 Å². The van der Waals surface area contributed by atoms with Crippen molar-refractivity contribution >= 4 is 17.4 Å². The van der Waals surface area contributed by atoms with Crippen LogP contribution in [0.15, 0.2) is 103 Å². The van der Waals surface area contributed by atoms with Gasteiger partial charge in [0.25, 0.3) is 0 Å². The zero-order valence-corrected chi connectivity index (χ0v) is 40.5. The van der Waals surface area contributed by atoms with Crippen LogP contribution >= 0.6 is 0 Å². The maximum Gasteiger partial charge on any atom is 0.324 e. The van der Waals surface area contributed by atoms with Gasteiger partial charge in [-0.3, -0.25) is 4.90 Å². The number of nitrogens with zero attached hydrogens (tertiary/aromatic N) is 6. The molecule has 6 aromatic rings. The molecule has 0 aliphatic carbocycles. The van der Waals surface area contributed by atoms with Crippen molar-refractivity contribution in [3.63, 3.8) is 0 Å². The van der Waals surface area contributed by atoms with E-state index in [2.05, 4.69) is 139 Å². The molecule has 4 aromatic carbocycles. The highest BCUT2D eigenvalue weighted by atomic mass is 16.5. The van der Waals surface area contributed by atoms with Gasteiger partial charge in [0.15, 0.2) is 0 Å². The molecular weight excluding hydrogens is 849 g/mol. The van der Waals surface area contributed by atoms with Crippen LogP contribution in [0.25, 0.3) is 22.5 Å². The molecule has 2 aromatic heterocycles. The van der Waals surface area contributed by atoms with Crippen LogP contribution in [0.3, 0.4) is 0 Å². The van der Waals surface area contributed by atoms with Crippen molar-refractivity contribution < 1.29 is 19.4 Å². The lowest BCUT2D eigenvalue weighted by Gasteiger charge is -2.32. The van der Waals surface area contributed by atoms with Gasteiger partial charge >= 0.3 is 6.03 Å². The normalized spacial score (nSPS) is 20.2. The van der Waals surface area contributed by atoms with Crippen LogP contribution in [-0.2, 0) is 35.6 Å². The number of likely N-dealkylation sites (tertiary alicyclic amines) is 2. The number of anilines is 2. The minimum atomic E-state index is -0.160. The third-order valence-corrected chi connectivity index (χ3v) is 14.9. The maximum atomic E-state index is 12.9. The molecule has 2 amide bonds. The number of aliphatic hydroxyl groups excluding tert-OH is 1. The Hall–Kier alpha value is -5.76. The van der Waals surface area contributed by atoms with Gasteiger partial charge in [0.1, 0.15) is 18.0 Å². The molecule has 356 valence electrons. The first-order valence-electron chi connectivity index (χ1n) is 24.9. The first-order valence-corrected chi connectivity index (χ1v) is 24.9. The van der Waals surface area contributed by atoms with E-state index in [0.717, 1.165) is 135 Å². The fourth-order valence-electron chi connectivity index (χ4n) is 10.9. The predicted molar refractivity (Wildman–Crippen MR) is 270 cm³/mol. The van der Waals surface area contributed by atoms with Crippen LogP contribution in [0.5, 0.6) is 0 Å². The van der Waals surface area contributed by atoms with Crippen molar-refractivity contribution in [2.45, 2.75) is 103 Å². The van der Waals surface area contributed by atoms with Crippen LogP contribution in [0.2, 0.25) is 0 Å². The summed E-state index contributed by atoms with van der Waals surface area (Å²) in [5.41, 5.74) is 14.5. The number of piperidine rings is 2. The molecule has 3 saturated heterocycles. The summed E-state index contributed by atoms with van der Waals surface area (Å²) in [6.45, 7) is 13.8. The molecule has 5 aliphatic heterocycles. The van der Waals surface area contributed by atoms with Crippen LogP contribution in [0.1, 0.15) is 96.6 Å². The predicted octanol–water partition coefficient (Wildman–Crippen LogP) is 9.56. The van der Waals surface area contributed by atoms with Crippen LogP contribution in [-0.4, -0.2) is 112 Å². The molecule has 0 radical (unpaired) electrons. The Morgan fingerprint density at radius 3 is 2.01 bits per heavy atom. The summed E-state index contributed by atoms with van der Waals surface area (Å²) >= 11 is 0. The van der Waals surface area contributed by atoms with Crippen LogP contribution in [0.4, 0.5) is 16.2 Å². The second-order valence-electron chi connectivity index (χ2n) is 19.7. The van der Waals surface area contributed by atoms with E-state index < -0.39 is 0 Å². The summed E-state index contributed by atoms with van der Waals surface area (Å²) < 4.78 is 15.9. The average Bonchev–Trinajstić information content (AvgIpc) is 4.01. The molecule has 0 bridgehead atoms. The smallest absolute Gasteiger partial charge is 0.324 e. The van der Waals surface area contributed by atoms with Crippen molar-refractivity contribution in [2.75, 3.05) is 63.6 Å². The Morgan fingerprint density at radius 1 is 0.735 bits per heavy atom. The minimum Gasteiger partial charge on any atom is -0.392 e. The first kappa shape index (κ1) is 46.0. The number of ether oxygens (including phenoxy) is 2. The molecule has 3 N–H and O–H groups in total. The van der Waals surface area contributed by atoms with Crippen molar-refractivity contribution in [3.8, 4) is 22.5 Å². The zero-order valence-electron chi connectivity index (χ0n) is 40.5. The molecule has 7 heterocycles. The SMILES string of the molecule is CN1CCC(OC2c3ccccc3CCn3cc(-c4ccccc4CO)nc32)CC1.Cc1c(-c2ccc(N3CCN(C(C)C)C3=O)cc2)[nH]c2c1NCc1ccccc1C2OC1CCN(C)CC1. The largest absolute Gasteiger partial charge is 0.392 e. The first-order chi connectivity index (χ1) is 33.1. The number of benzene rings is 4. The molecule has 3 fully saturated rings. The van der Waals surface area contributed by atoms with Gasteiger partial charge < -0.3 is 44.1 Å². The number of aromatic nitrogens is 3. The number of urea groups is 1. The molecule has 0 saturated carbocycles. The molecular formula is C56H68N8O4. The fourth-order valence-corrected chi connectivity index (χ4v) is 10.9. The Morgan fingerprint density at radius 2 is 1.35 bits per heavy atom. The number of carbonyl (C=O) groups excluding carboxylic acids is 1. The Labute approximate surface area is 401 Å². The quantitative estimate of drug-likeness (QED) is 0.132. The van der Waals surface area contributed by atoms with Crippen LogP contribution < -0.4 is 10.2 Å². The van der Waals surface area contributed by atoms with E-state index >= 15 is 0 Å². The highest BCUT2D eigenvalue weighted by molar-refractivity contribution is 5.94. The van der Waals surface area contributed by atoms with E-state index in [9.17, 15) is 9.90 Å². The van der Waals surface area contributed by atoms with E-state index in [-0.39, 0.29) is 43.1 Å². The number of rotatable bonds is 9. The summed E-state index contributed by atoms with van der Waals surface area (Å²) in [5, 5.41) is 13.5. The molecule has 12 heteroatoms. The number of aromatic amines is 1. The lowest BCUT2D eigenvalue weighted by Crippen LogP contribution is -2.36. The van der Waals surface area contributed by atoms with Crippen molar-refractivity contribution in [3.05, 3.63) is 148 Å². The van der Waals surface area contributed by atoms with Gasteiger partial charge in [0.05, 0.1) is 41.6 Å². The van der Waals surface area contributed by atoms with Gasteiger partial charge in [-0.25, -0.2) is 9.78 Å². The monoisotopic (exact) mass is 917 g/mol. The van der Waals surface area contributed by atoms with E-state index in [4.69, 9.17) is 14.5 Å². The number of H-pyrrole nitrogens is 1. The Kier molecular flexibility index (Phi) is 13.6. The van der Waals surface area contributed by atoms with E-state index in [1.54, 1.807) is 0 Å². The minimum absolute atomic E-state index is 0.0106. The van der Waals surface area contributed by atoms with E-state index in [0.29, 0.717) is 0 Å². The van der Waals surface area contributed by atoms with Gasteiger partial charge in [0.2, 0.25) is 0 Å². The number of imidazole rings is 1. The van der Waals surface area contributed by atoms with Gasteiger partial charge in [-0.15, -0.1) is 0 Å². The van der Waals surface area contributed by atoms with Crippen molar-refractivity contribution in [1.82, 2.24) is 29.2 Å². The van der Waals surface area contributed by atoms with E-state index in [1.807, 2.05) is 34.1 Å². The van der Waals surface area contributed by atoms with Crippen molar-refractivity contribution in [2.24, 2.45) is 0 Å². The van der Waals surface area contributed by atoms with Gasteiger partial charge in [-0.1, -0.05) is 84.9 Å². The molecule has 11 rings (SSSR count). The lowest BCUT2D eigenvalue weighted by molar-refractivity contribution is -0.0275. The number of hydrogen-bond donors (Lipinski definition) is 3. The Balaban J connectivity index is 0.000000163. The molecule has 2 unspecified atom stereocenters. The summed E-state index contributed by atoms with van der Waals surface area (Å²) in [5.74, 6) is 0.974. The number of aryl methyl sites for hydroxylation is 2. The third kappa shape index (κ3) is 9.37. The number of carbonyl (C=O) groups is 1. The summed E-state index contributed by atoms with van der Waals surface area (Å²) in [7, 11) is 4.36. The highest BCUT2D eigenvalue weighted by Crippen LogP contribution is 2.43. The van der Waals surface area contributed by atoms with Crippen molar-refractivity contribution in [1.29, 1.82) is 0 Å². The lowest BCUT2D eigenvalue weighted by atomic mass is 9.99.